The lowest BCUT2D eigenvalue weighted by Crippen LogP contribution is -2.23. The van der Waals surface area contributed by atoms with Crippen molar-refractivity contribution in [3.8, 4) is 5.75 Å². The van der Waals surface area contributed by atoms with E-state index >= 15 is 0 Å². The summed E-state index contributed by atoms with van der Waals surface area (Å²) in [5.41, 5.74) is -0.0131. The number of carboxylic acid groups (broad SMARTS) is 1. The number of aromatic carboxylic acids is 1. The number of benzene rings is 1. The van der Waals surface area contributed by atoms with Crippen LogP contribution >= 0.6 is 0 Å². The van der Waals surface area contributed by atoms with Crippen LogP contribution in [0.25, 0.3) is 0 Å². The van der Waals surface area contributed by atoms with Gasteiger partial charge in [-0.15, -0.1) is 5.75 Å². The molecule has 0 spiro atoms. The largest absolute Gasteiger partial charge is 0.872 e. The molecule has 0 saturated carbocycles. The summed E-state index contributed by atoms with van der Waals surface area (Å²) in [6, 6.07) is 3.56. The predicted molar refractivity (Wildman–Crippen MR) is 65.5 cm³/mol. The van der Waals surface area contributed by atoms with Crippen LogP contribution in [0.3, 0.4) is 0 Å². The van der Waals surface area contributed by atoms with Gasteiger partial charge < -0.3 is 15.5 Å². The van der Waals surface area contributed by atoms with Crippen LogP contribution in [-0.4, -0.2) is 17.0 Å². The molecule has 18 heavy (non-hydrogen) atoms. The molecule has 0 radical (unpaired) electrons. The molecule has 0 aliphatic carbocycles. The fraction of sp³-hybridized carbons (Fsp3) is 0.385. The Kier molecular flexibility index (Phi) is 4.71. The smallest absolute Gasteiger partial charge is 0.337 e. The van der Waals surface area contributed by atoms with Gasteiger partial charge in [0, 0.05) is 5.92 Å². The maximum absolute atomic E-state index is 11.9. The van der Waals surface area contributed by atoms with Crippen molar-refractivity contribution in [3.05, 3.63) is 23.8 Å². The van der Waals surface area contributed by atoms with Gasteiger partial charge in [0.25, 0.3) is 0 Å². The van der Waals surface area contributed by atoms with Crippen molar-refractivity contribution in [1.82, 2.24) is 0 Å². The molecule has 0 aromatic heterocycles. The number of hydrogen-bond acceptors (Lipinski definition) is 3. The van der Waals surface area contributed by atoms with E-state index in [0.717, 1.165) is 6.07 Å². The number of carbonyl (C=O) groups is 2. The monoisotopic (exact) mass is 250 g/mol. The summed E-state index contributed by atoms with van der Waals surface area (Å²) in [4.78, 5) is 22.8. The van der Waals surface area contributed by atoms with E-state index in [2.05, 4.69) is 5.32 Å². The van der Waals surface area contributed by atoms with Crippen molar-refractivity contribution in [2.24, 2.45) is 5.92 Å². The van der Waals surface area contributed by atoms with E-state index in [0.29, 0.717) is 12.8 Å². The zero-order chi connectivity index (χ0) is 13.7. The fourth-order valence-corrected chi connectivity index (χ4v) is 1.70. The van der Waals surface area contributed by atoms with Crippen LogP contribution in [0.15, 0.2) is 18.2 Å². The lowest BCUT2D eigenvalue weighted by atomic mass is 10.0. The normalized spacial score (nSPS) is 10.4. The summed E-state index contributed by atoms with van der Waals surface area (Å²) in [5.74, 6) is -2.00. The molecule has 0 atom stereocenters. The highest BCUT2D eigenvalue weighted by Gasteiger charge is 2.17. The molecule has 5 nitrogen and oxygen atoms in total. The Bertz CT molecular complexity index is 452. The molecule has 0 bridgehead atoms. The van der Waals surface area contributed by atoms with Crippen LogP contribution in [0.1, 0.15) is 37.0 Å². The molecule has 1 amide bonds. The minimum Gasteiger partial charge on any atom is -0.872 e. The van der Waals surface area contributed by atoms with E-state index in [4.69, 9.17) is 5.11 Å². The summed E-state index contributed by atoms with van der Waals surface area (Å²) in [6.45, 7) is 3.79. The highest BCUT2D eigenvalue weighted by molar-refractivity contribution is 6.01. The highest BCUT2D eigenvalue weighted by atomic mass is 16.4. The van der Waals surface area contributed by atoms with Crippen LogP contribution in [0.4, 0.5) is 5.69 Å². The van der Waals surface area contributed by atoms with Gasteiger partial charge >= 0.3 is 5.97 Å². The third kappa shape index (κ3) is 3.23. The first-order chi connectivity index (χ1) is 8.49. The minimum atomic E-state index is -1.23. The van der Waals surface area contributed by atoms with Gasteiger partial charge in [-0.3, -0.25) is 4.79 Å². The predicted octanol–water partition coefficient (Wildman–Crippen LogP) is 1.83. The average Bonchev–Trinajstić information content (AvgIpc) is 2.32. The summed E-state index contributed by atoms with van der Waals surface area (Å²) >= 11 is 0. The third-order valence-corrected chi connectivity index (χ3v) is 2.84. The van der Waals surface area contributed by atoms with Gasteiger partial charge in [0.1, 0.15) is 0 Å². The molecular weight excluding hydrogens is 234 g/mol. The average molecular weight is 250 g/mol. The Hall–Kier alpha value is -2.04. The van der Waals surface area contributed by atoms with Crippen LogP contribution in [0.5, 0.6) is 5.75 Å². The molecule has 0 aliphatic heterocycles. The molecule has 0 aliphatic rings. The molecule has 98 valence electrons. The first kappa shape index (κ1) is 14.0. The second-order valence-electron chi connectivity index (χ2n) is 4.02. The summed E-state index contributed by atoms with van der Waals surface area (Å²) < 4.78 is 0. The maximum atomic E-state index is 11.9. The minimum absolute atomic E-state index is 0.154. The Morgan fingerprint density at radius 3 is 2.44 bits per heavy atom. The Labute approximate surface area is 105 Å². The molecule has 1 aromatic rings. The maximum Gasteiger partial charge on any atom is 0.337 e. The van der Waals surface area contributed by atoms with Gasteiger partial charge in [-0.25, -0.2) is 4.79 Å². The SMILES string of the molecule is CCC(CC)C(=O)Nc1ccc([O-])cc1C(=O)O. The Morgan fingerprint density at radius 1 is 1.33 bits per heavy atom. The molecule has 0 unspecified atom stereocenters. The molecular formula is C13H16NO4-. The lowest BCUT2D eigenvalue weighted by molar-refractivity contribution is -0.268. The number of nitrogens with one attached hydrogen (secondary N) is 1. The fourth-order valence-electron chi connectivity index (χ4n) is 1.70. The second-order valence-corrected chi connectivity index (χ2v) is 4.02. The van der Waals surface area contributed by atoms with Crippen molar-refractivity contribution in [3.63, 3.8) is 0 Å². The summed E-state index contributed by atoms with van der Waals surface area (Å²) in [7, 11) is 0. The van der Waals surface area contributed by atoms with Crippen molar-refractivity contribution < 1.29 is 19.8 Å². The van der Waals surface area contributed by atoms with Gasteiger partial charge in [0.05, 0.1) is 11.3 Å². The Morgan fingerprint density at radius 2 is 1.94 bits per heavy atom. The molecule has 0 fully saturated rings. The van der Waals surface area contributed by atoms with E-state index in [1.165, 1.54) is 12.1 Å². The number of carbonyl (C=O) groups excluding carboxylic acids is 1. The van der Waals surface area contributed by atoms with Crippen LogP contribution < -0.4 is 10.4 Å². The van der Waals surface area contributed by atoms with Crippen molar-refractivity contribution in [2.45, 2.75) is 26.7 Å². The van der Waals surface area contributed by atoms with Gasteiger partial charge in [-0.2, -0.15) is 0 Å². The van der Waals surface area contributed by atoms with Crippen LogP contribution in [0.2, 0.25) is 0 Å². The van der Waals surface area contributed by atoms with Gasteiger partial charge in [-0.05, 0) is 18.9 Å². The van der Waals surface area contributed by atoms with E-state index in [-0.39, 0.29) is 23.1 Å². The van der Waals surface area contributed by atoms with Crippen molar-refractivity contribution >= 4 is 17.6 Å². The zero-order valence-electron chi connectivity index (χ0n) is 10.4. The standard InChI is InChI=1S/C13H17NO4/c1-3-8(4-2)12(16)14-11-6-5-9(15)7-10(11)13(17)18/h5-8,15H,3-4H2,1-2H3,(H,14,16)(H,17,18)/p-1. The number of amides is 1. The Balaban J connectivity index is 2.97. The topological polar surface area (TPSA) is 89.5 Å². The van der Waals surface area contributed by atoms with E-state index in [9.17, 15) is 14.7 Å². The van der Waals surface area contributed by atoms with Crippen LogP contribution in [0, 0.1) is 5.92 Å². The van der Waals surface area contributed by atoms with Gasteiger partial charge in [0.15, 0.2) is 0 Å². The molecule has 0 saturated heterocycles. The second kappa shape index (κ2) is 6.05. The first-order valence-electron chi connectivity index (χ1n) is 5.84. The first-order valence-corrected chi connectivity index (χ1v) is 5.84. The number of rotatable bonds is 5. The highest BCUT2D eigenvalue weighted by Crippen LogP contribution is 2.21. The molecule has 5 heteroatoms. The number of hydrogen-bond donors (Lipinski definition) is 2. The van der Waals surface area contributed by atoms with E-state index < -0.39 is 11.7 Å². The van der Waals surface area contributed by atoms with Crippen molar-refractivity contribution in [2.75, 3.05) is 5.32 Å². The summed E-state index contributed by atoms with van der Waals surface area (Å²) in [5, 5.41) is 22.6. The molecule has 1 aromatic carbocycles. The lowest BCUT2D eigenvalue weighted by Gasteiger charge is -2.16. The summed E-state index contributed by atoms with van der Waals surface area (Å²) in [6.07, 6.45) is 1.37. The van der Waals surface area contributed by atoms with Gasteiger partial charge in [0.2, 0.25) is 5.91 Å². The number of anilines is 1. The quantitative estimate of drug-likeness (QED) is 0.834. The molecule has 1 rings (SSSR count). The van der Waals surface area contributed by atoms with Crippen molar-refractivity contribution in [1.29, 1.82) is 0 Å². The van der Waals surface area contributed by atoms with Gasteiger partial charge in [-0.1, -0.05) is 26.0 Å². The number of carboxylic acids is 1. The third-order valence-electron chi connectivity index (χ3n) is 2.84. The molecule has 0 heterocycles. The van der Waals surface area contributed by atoms with E-state index in [1.54, 1.807) is 0 Å². The molecule has 2 N–H and O–H groups in total. The van der Waals surface area contributed by atoms with Crippen LogP contribution in [-0.2, 0) is 4.79 Å². The van der Waals surface area contributed by atoms with E-state index in [1.807, 2.05) is 13.8 Å². The zero-order valence-corrected chi connectivity index (χ0v) is 10.4.